The molecule has 0 bridgehead atoms. The van der Waals surface area contributed by atoms with Crippen LogP contribution in [0, 0.1) is 0 Å². The predicted octanol–water partition coefficient (Wildman–Crippen LogP) is 5.50. The number of ether oxygens (including phenoxy) is 2. The van der Waals surface area contributed by atoms with Crippen LogP contribution in [-0.4, -0.2) is 22.1 Å². The van der Waals surface area contributed by atoms with Gasteiger partial charge in [-0.3, -0.25) is 4.79 Å². The van der Waals surface area contributed by atoms with Crippen molar-refractivity contribution in [3.63, 3.8) is 0 Å². The van der Waals surface area contributed by atoms with Crippen molar-refractivity contribution >= 4 is 11.9 Å². The van der Waals surface area contributed by atoms with E-state index in [1.807, 2.05) is 26.0 Å². The Morgan fingerprint density at radius 1 is 0.931 bits per heavy atom. The first-order valence-corrected chi connectivity index (χ1v) is 10.2. The average molecular weight is 392 g/mol. The summed E-state index contributed by atoms with van der Waals surface area (Å²) in [6.07, 6.45) is 6.94. The molecular weight excluding hydrogens is 364 g/mol. The quantitative estimate of drug-likeness (QED) is 0.554. The molecule has 4 nitrogen and oxygen atoms in total. The van der Waals surface area contributed by atoms with Crippen LogP contribution in [0.3, 0.4) is 0 Å². The summed E-state index contributed by atoms with van der Waals surface area (Å²) in [5.41, 5.74) is 3.00. The van der Waals surface area contributed by atoms with Gasteiger partial charge in [-0.1, -0.05) is 12.1 Å². The van der Waals surface area contributed by atoms with E-state index >= 15 is 0 Å². The van der Waals surface area contributed by atoms with E-state index in [1.54, 1.807) is 18.2 Å². The second kappa shape index (κ2) is 6.94. The molecule has 4 rings (SSSR count). The molecule has 29 heavy (non-hydrogen) atoms. The molecule has 0 atom stereocenters. The lowest BCUT2D eigenvalue weighted by atomic mass is 9.92. The highest BCUT2D eigenvalue weighted by Crippen LogP contribution is 2.37. The van der Waals surface area contributed by atoms with Crippen LogP contribution >= 0.6 is 0 Å². The maximum atomic E-state index is 12.7. The summed E-state index contributed by atoms with van der Waals surface area (Å²) in [7, 11) is 0. The summed E-state index contributed by atoms with van der Waals surface area (Å²) in [4.78, 5) is 12.7. The molecule has 0 aliphatic carbocycles. The van der Waals surface area contributed by atoms with Gasteiger partial charge in [-0.25, -0.2) is 0 Å². The standard InChI is InChI=1S/C25H28O4/c1-24(2)11-9-17-13-16(6-8-22(17)28-24)5-7-20(26)19-14-18-10-12-25(3,4)29-23(18)15-21(19)27/h5-8,13-15,27H,9-12H2,1-4H3/b7-5+. The molecule has 0 unspecified atom stereocenters. The van der Waals surface area contributed by atoms with Gasteiger partial charge in [0, 0.05) is 6.07 Å². The summed E-state index contributed by atoms with van der Waals surface area (Å²) in [5.74, 6) is 1.32. The summed E-state index contributed by atoms with van der Waals surface area (Å²) in [6.45, 7) is 8.25. The lowest BCUT2D eigenvalue weighted by molar-refractivity contribution is 0.0840. The van der Waals surface area contributed by atoms with Crippen LogP contribution in [0.5, 0.6) is 17.2 Å². The Kier molecular flexibility index (Phi) is 4.68. The molecule has 2 heterocycles. The van der Waals surface area contributed by atoms with E-state index in [-0.39, 0.29) is 22.7 Å². The molecule has 0 radical (unpaired) electrons. The largest absolute Gasteiger partial charge is 0.507 e. The van der Waals surface area contributed by atoms with E-state index in [1.165, 1.54) is 6.08 Å². The summed E-state index contributed by atoms with van der Waals surface area (Å²) in [5, 5.41) is 10.4. The highest BCUT2D eigenvalue weighted by atomic mass is 16.5. The van der Waals surface area contributed by atoms with Crippen molar-refractivity contribution in [2.45, 2.75) is 64.6 Å². The first-order valence-electron chi connectivity index (χ1n) is 10.2. The fourth-order valence-corrected chi connectivity index (χ4v) is 3.93. The predicted molar refractivity (Wildman–Crippen MR) is 114 cm³/mol. The zero-order valence-electron chi connectivity index (χ0n) is 17.5. The number of carbonyl (C=O) groups excluding carboxylic acids is 1. The van der Waals surface area contributed by atoms with Gasteiger partial charge in [-0.2, -0.15) is 0 Å². The summed E-state index contributed by atoms with van der Waals surface area (Å²) in [6, 6.07) is 9.31. The lowest BCUT2D eigenvalue weighted by Gasteiger charge is -2.32. The highest BCUT2D eigenvalue weighted by molar-refractivity contribution is 6.08. The minimum absolute atomic E-state index is 0.0443. The number of benzene rings is 2. The van der Waals surface area contributed by atoms with Crippen LogP contribution in [0.1, 0.15) is 67.6 Å². The van der Waals surface area contributed by atoms with Crippen molar-refractivity contribution < 1.29 is 19.4 Å². The minimum atomic E-state index is -0.254. The molecule has 0 aromatic heterocycles. The van der Waals surface area contributed by atoms with E-state index in [0.29, 0.717) is 11.3 Å². The third-order valence-electron chi connectivity index (χ3n) is 5.72. The minimum Gasteiger partial charge on any atom is -0.507 e. The molecule has 0 saturated heterocycles. The maximum Gasteiger partial charge on any atom is 0.189 e. The Morgan fingerprint density at radius 2 is 1.55 bits per heavy atom. The SMILES string of the molecule is CC1(C)CCc2cc(/C=C/C(=O)c3cc4c(cc3O)OC(C)(C)CC4)ccc2O1. The fraction of sp³-hybridized carbons (Fsp3) is 0.400. The van der Waals surface area contributed by atoms with E-state index < -0.39 is 0 Å². The van der Waals surface area contributed by atoms with Crippen LogP contribution in [-0.2, 0) is 12.8 Å². The molecule has 0 fully saturated rings. The van der Waals surface area contributed by atoms with Crippen molar-refractivity contribution in [1.29, 1.82) is 0 Å². The fourth-order valence-electron chi connectivity index (χ4n) is 3.93. The molecule has 2 aromatic carbocycles. The van der Waals surface area contributed by atoms with Crippen LogP contribution in [0.25, 0.3) is 6.08 Å². The molecule has 4 heteroatoms. The summed E-state index contributed by atoms with van der Waals surface area (Å²) < 4.78 is 11.9. The number of hydrogen-bond donors (Lipinski definition) is 1. The number of aryl methyl sites for hydroxylation is 2. The number of fused-ring (bicyclic) bond motifs is 2. The number of phenols is 1. The number of phenolic OH excluding ortho intramolecular Hbond substituents is 1. The molecule has 152 valence electrons. The van der Waals surface area contributed by atoms with Crippen LogP contribution < -0.4 is 9.47 Å². The maximum absolute atomic E-state index is 12.7. The number of rotatable bonds is 3. The summed E-state index contributed by atoms with van der Waals surface area (Å²) >= 11 is 0. The molecular formula is C25H28O4. The van der Waals surface area contributed by atoms with Crippen molar-refractivity contribution in [2.24, 2.45) is 0 Å². The Hall–Kier alpha value is -2.75. The van der Waals surface area contributed by atoms with E-state index in [0.717, 1.165) is 48.1 Å². The van der Waals surface area contributed by atoms with Gasteiger partial charge >= 0.3 is 0 Å². The van der Waals surface area contributed by atoms with Gasteiger partial charge in [0.15, 0.2) is 5.78 Å². The second-order valence-corrected chi connectivity index (χ2v) is 9.27. The van der Waals surface area contributed by atoms with Crippen LogP contribution in [0.2, 0.25) is 0 Å². The first-order chi connectivity index (χ1) is 13.6. The number of ketones is 1. The van der Waals surface area contributed by atoms with Crippen molar-refractivity contribution in [2.75, 3.05) is 0 Å². The van der Waals surface area contributed by atoms with E-state index in [2.05, 4.69) is 19.9 Å². The number of allylic oxidation sites excluding steroid dienone is 1. The molecule has 1 N–H and O–H groups in total. The van der Waals surface area contributed by atoms with Crippen molar-refractivity contribution in [3.05, 3.63) is 58.7 Å². The molecule has 0 amide bonds. The van der Waals surface area contributed by atoms with Gasteiger partial charge < -0.3 is 14.6 Å². The Morgan fingerprint density at radius 3 is 2.24 bits per heavy atom. The van der Waals surface area contributed by atoms with E-state index in [9.17, 15) is 9.90 Å². The molecule has 0 spiro atoms. The van der Waals surface area contributed by atoms with Crippen LogP contribution in [0.4, 0.5) is 0 Å². The topological polar surface area (TPSA) is 55.8 Å². The number of carbonyl (C=O) groups is 1. The average Bonchev–Trinajstić information content (AvgIpc) is 2.64. The molecule has 2 aromatic rings. The monoisotopic (exact) mass is 392 g/mol. The number of aromatic hydroxyl groups is 1. The zero-order chi connectivity index (χ0) is 20.8. The highest BCUT2D eigenvalue weighted by Gasteiger charge is 2.28. The first kappa shape index (κ1) is 19.6. The molecule has 2 aliphatic heterocycles. The van der Waals surface area contributed by atoms with Gasteiger partial charge in [0.1, 0.15) is 28.5 Å². The van der Waals surface area contributed by atoms with Gasteiger partial charge in [-0.05, 0) is 94.3 Å². The Bertz CT molecular complexity index is 998. The Labute approximate surface area is 172 Å². The van der Waals surface area contributed by atoms with Crippen molar-refractivity contribution in [3.8, 4) is 17.2 Å². The third-order valence-corrected chi connectivity index (χ3v) is 5.72. The van der Waals surface area contributed by atoms with Crippen molar-refractivity contribution in [1.82, 2.24) is 0 Å². The molecule has 0 saturated carbocycles. The normalized spacial score (nSPS) is 19.0. The van der Waals surface area contributed by atoms with Gasteiger partial charge in [-0.15, -0.1) is 0 Å². The molecule has 2 aliphatic rings. The number of hydrogen-bond acceptors (Lipinski definition) is 4. The zero-order valence-corrected chi connectivity index (χ0v) is 17.5. The smallest absolute Gasteiger partial charge is 0.189 e. The van der Waals surface area contributed by atoms with Gasteiger partial charge in [0.05, 0.1) is 5.56 Å². The van der Waals surface area contributed by atoms with Crippen LogP contribution in [0.15, 0.2) is 36.4 Å². The van der Waals surface area contributed by atoms with Gasteiger partial charge in [0.2, 0.25) is 0 Å². The third kappa shape index (κ3) is 4.16. The Balaban J connectivity index is 1.54. The lowest BCUT2D eigenvalue weighted by Crippen LogP contribution is -2.32. The van der Waals surface area contributed by atoms with Gasteiger partial charge in [0.25, 0.3) is 0 Å². The second-order valence-electron chi connectivity index (χ2n) is 9.27. The van der Waals surface area contributed by atoms with E-state index in [4.69, 9.17) is 9.47 Å².